The topological polar surface area (TPSA) is 76.4 Å². The van der Waals surface area contributed by atoms with Crippen LogP contribution in [0, 0.1) is 6.92 Å². The molecular formula is C17H14N4O2S2. The number of hydrogen-bond acceptors (Lipinski definition) is 6. The third-order valence-corrected chi connectivity index (χ3v) is 5.53. The maximum Gasteiger partial charge on any atom is 0.258 e. The van der Waals surface area contributed by atoms with Crippen LogP contribution in [0.2, 0.25) is 0 Å². The van der Waals surface area contributed by atoms with Crippen molar-refractivity contribution in [3.63, 3.8) is 0 Å². The number of thiazole rings is 2. The average Bonchev–Trinajstić information content (AvgIpc) is 3.20. The van der Waals surface area contributed by atoms with E-state index in [9.17, 15) is 9.59 Å². The van der Waals surface area contributed by atoms with Gasteiger partial charge < -0.3 is 5.32 Å². The maximum atomic E-state index is 12.3. The lowest BCUT2D eigenvalue weighted by atomic mass is 10.2. The minimum atomic E-state index is -0.129. The Morgan fingerprint density at radius 3 is 3.04 bits per heavy atom. The predicted octanol–water partition coefficient (Wildman–Crippen LogP) is 2.65. The summed E-state index contributed by atoms with van der Waals surface area (Å²) < 4.78 is 2.59. The van der Waals surface area contributed by atoms with Gasteiger partial charge >= 0.3 is 0 Å². The van der Waals surface area contributed by atoms with Gasteiger partial charge in [-0.25, -0.2) is 9.97 Å². The lowest BCUT2D eigenvalue weighted by Gasteiger charge is -2.05. The van der Waals surface area contributed by atoms with E-state index < -0.39 is 0 Å². The SMILES string of the molecule is Cc1cc(=O)n2c(CCNC(=O)c3ccc4ncsc4c3)csc2n1. The molecule has 3 heterocycles. The molecule has 126 valence electrons. The summed E-state index contributed by atoms with van der Waals surface area (Å²) in [7, 11) is 0. The first kappa shape index (κ1) is 15.9. The molecule has 0 fully saturated rings. The molecular weight excluding hydrogens is 356 g/mol. The Hall–Kier alpha value is -2.58. The van der Waals surface area contributed by atoms with Crippen molar-refractivity contribution in [1.29, 1.82) is 0 Å². The molecule has 1 aromatic carbocycles. The summed E-state index contributed by atoms with van der Waals surface area (Å²) in [5.74, 6) is -0.129. The van der Waals surface area contributed by atoms with Crippen LogP contribution >= 0.6 is 22.7 Å². The number of nitrogens with one attached hydrogen (secondary N) is 1. The van der Waals surface area contributed by atoms with Crippen molar-refractivity contribution in [2.24, 2.45) is 0 Å². The molecule has 1 N–H and O–H groups in total. The van der Waals surface area contributed by atoms with Gasteiger partial charge in [-0.1, -0.05) is 0 Å². The molecule has 0 aliphatic carbocycles. The van der Waals surface area contributed by atoms with Gasteiger partial charge in [0.2, 0.25) is 0 Å². The Bertz CT molecular complexity index is 1140. The molecule has 25 heavy (non-hydrogen) atoms. The molecule has 0 saturated heterocycles. The number of hydrogen-bond donors (Lipinski definition) is 1. The Morgan fingerprint density at radius 1 is 1.28 bits per heavy atom. The largest absolute Gasteiger partial charge is 0.352 e. The van der Waals surface area contributed by atoms with Crippen molar-refractivity contribution in [2.45, 2.75) is 13.3 Å². The van der Waals surface area contributed by atoms with Gasteiger partial charge in [-0.15, -0.1) is 22.7 Å². The Morgan fingerprint density at radius 2 is 2.16 bits per heavy atom. The normalized spacial score (nSPS) is 11.2. The highest BCUT2D eigenvalue weighted by Crippen LogP contribution is 2.19. The molecule has 0 aliphatic heterocycles. The summed E-state index contributed by atoms with van der Waals surface area (Å²) in [6.45, 7) is 2.26. The molecule has 8 heteroatoms. The zero-order chi connectivity index (χ0) is 17.4. The molecule has 1 amide bonds. The number of carbonyl (C=O) groups is 1. The Labute approximate surface area is 150 Å². The highest BCUT2D eigenvalue weighted by Gasteiger charge is 2.10. The number of carbonyl (C=O) groups excluding carboxylic acids is 1. The summed E-state index contributed by atoms with van der Waals surface area (Å²) in [5, 5.41) is 4.82. The molecule has 6 nitrogen and oxygen atoms in total. The van der Waals surface area contributed by atoms with Gasteiger partial charge in [-0.05, 0) is 25.1 Å². The fourth-order valence-corrected chi connectivity index (χ4v) is 4.35. The van der Waals surface area contributed by atoms with Gasteiger partial charge in [0.1, 0.15) is 0 Å². The summed E-state index contributed by atoms with van der Waals surface area (Å²) in [6, 6.07) is 6.99. The minimum absolute atomic E-state index is 0.0827. The standard InChI is InChI=1S/C17H14N4O2S2/c1-10-6-15(22)21-12(8-24-17(21)20-10)4-5-18-16(23)11-2-3-13-14(7-11)25-9-19-13/h2-3,6-9H,4-5H2,1H3,(H,18,23). The third kappa shape index (κ3) is 3.06. The fourth-order valence-electron chi connectivity index (χ4n) is 2.66. The van der Waals surface area contributed by atoms with Gasteiger partial charge in [0.15, 0.2) is 4.96 Å². The molecule has 4 rings (SSSR count). The lowest BCUT2D eigenvalue weighted by molar-refractivity contribution is 0.0954. The number of benzene rings is 1. The van der Waals surface area contributed by atoms with Crippen molar-refractivity contribution in [2.75, 3.05) is 6.54 Å². The van der Waals surface area contributed by atoms with Gasteiger partial charge in [-0.2, -0.15) is 0 Å². The van der Waals surface area contributed by atoms with Crippen LogP contribution in [0.3, 0.4) is 0 Å². The maximum absolute atomic E-state index is 12.3. The van der Waals surface area contributed by atoms with Gasteiger partial charge in [-0.3, -0.25) is 14.0 Å². The summed E-state index contributed by atoms with van der Waals surface area (Å²) in [5.41, 5.74) is 4.76. The quantitative estimate of drug-likeness (QED) is 0.599. The molecule has 0 bridgehead atoms. The summed E-state index contributed by atoms with van der Waals surface area (Å²) in [6.07, 6.45) is 0.569. The van der Waals surface area contributed by atoms with E-state index in [1.165, 1.54) is 28.7 Å². The van der Waals surface area contributed by atoms with E-state index >= 15 is 0 Å². The zero-order valence-corrected chi connectivity index (χ0v) is 15.0. The molecule has 0 unspecified atom stereocenters. The van der Waals surface area contributed by atoms with Crippen molar-refractivity contribution in [3.05, 3.63) is 62.5 Å². The van der Waals surface area contributed by atoms with Crippen molar-refractivity contribution >= 4 is 43.8 Å². The van der Waals surface area contributed by atoms with Crippen LogP contribution in [0.15, 0.2) is 40.0 Å². The van der Waals surface area contributed by atoms with Crippen molar-refractivity contribution < 1.29 is 4.79 Å². The second-order valence-corrected chi connectivity index (χ2v) is 7.34. The summed E-state index contributed by atoms with van der Waals surface area (Å²) in [4.78, 5) is 33.7. The second kappa shape index (κ2) is 6.38. The predicted molar refractivity (Wildman–Crippen MR) is 99.7 cm³/mol. The molecule has 4 aromatic rings. The molecule has 3 aromatic heterocycles. The van der Waals surface area contributed by atoms with Gasteiger partial charge in [0.05, 0.1) is 15.7 Å². The average molecular weight is 370 g/mol. The molecule has 0 atom stereocenters. The molecule has 0 aliphatic rings. The van der Waals surface area contributed by atoms with Crippen molar-refractivity contribution in [3.8, 4) is 0 Å². The fraction of sp³-hybridized carbons (Fsp3) is 0.176. The first-order chi connectivity index (χ1) is 12.1. The monoisotopic (exact) mass is 370 g/mol. The van der Waals surface area contributed by atoms with Crippen LogP contribution < -0.4 is 10.9 Å². The molecule has 0 saturated carbocycles. The van der Waals surface area contributed by atoms with Gasteiger partial charge in [0, 0.05) is 41.4 Å². The number of rotatable bonds is 4. The summed E-state index contributed by atoms with van der Waals surface area (Å²) >= 11 is 2.94. The lowest BCUT2D eigenvalue weighted by Crippen LogP contribution is -2.26. The molecule has 0 radical (unpaired) electrons. The number of nitrogens with zero attached hydrogens (tertiary/aromatic N) is 3. The number of aromatic nitrogens is 3. The van der Waals surface area contributed by atoms with E-state index in [2.05, 4.69) is 15.3 Å². The number of fused-ring (bicyclic) bond motifs is 2. The second-order valence-electron chi connectivity index (χ2n) is 5.62. The minimum Gasteiger partial charge on any atom is -0.352 e. The van der Waals surface area contributed by atoms with Crippen LogP contribution in [0.25, 0.3) is 15.2 Å². The van der Waals surface area contributed by atoms with E-state index in [4.69, 9.17) is 0 Å². The van der Waals surface area contributed by atoms with E-state index in [1.54, 1.807) is 22.9 Å². The highest BCUT2D eigenvalue weighted by atomic mass is 32.1. The third-order valence-electron chi connectivity index (χ3n) is 3.86. The van der Waals surface area contributed by atoms with Crippen LogP contribution in [0.5, 0.6) is 0 Å². The first-order valence-electron chi connectivity index (χ1n) is 7.70. The van der Waals surface area contributed by atoms with E-state index in [1.807, 2.05) is 17.5 Å². The van der Waals surface area contributed by atoms with Crippen LogP contribution in [0.1, 0.15) is 21.7 Å². The van der Waals surface area contributed by atoms with E-state index in [-0.39, 0.29) is 11.5 Å². The van der Waals surface area contributed by atoms with E-state index in [0.717, 1.165) is 15.9 Å². The highest BCUT2D eigenvalue weighted by molar-refractivity contribution is 7.16. The van der Waals surface area contributed by atoms with Crippen LogP contribution in [-0.4, -0.2) is 26.8 Å². The van der Waals surface area contributed by atoms with Crippen LogP contribution in [0.4, 0.5) is 0 Å². The first-order valence-corrected chi connectivity index (χ1v) is 9.46. The zero-order valence-electron chi connectivity index (χ0n) is 13.4. The number of amides is 1. The number of aryl methyl sites for hydroxylation is 1. The van der Waals surface area contributed by atoms with Crippen molar-refractivity contribution in [1.82, 2.24) is 19.7 Å². The van der Waals surface area contributed by atoms with E-state index in [0.29, 0.717) is 29.2 Å². The Kier molecular flexibility index (Phi) is 4.06. The molecule has 0 spiro atoms. The Balaban J connectivity index is 1.47. The van der Waals surface area contributed by atoms with Gasteiger partial charge in [0.25, 0.3) is 11.5 Å². The van der Waals surface area contributed by atoms with Crippen LogP contribution in [-0.2, 0) is 6.42 Å². The smallest absolute Gasteiger partial charge is 0.258 e.